The second kappa shape index (κ2) is 34.6. The number of nitrogens with zero attached hydrogens (tertiary/aromatic N) is 9. The third-order valence-electron chi connectivity index (χ3n) is 20.5. The van der Waals surface area contributed by atoms with Crippen molar-refractivity contribution in [2.24, 2.45) is 0 Å². The molecule has 8 aromatic heterocycles. The van der Waals surface area contributed by atoms with Crippen LogP contribution in [0.2, 0.25) is 0 Å². The molecule has 0 bridgehead atoms. The van der Waals surface area contributed by atoms with Gasteiger partial charge in [-0.15, -0.1) is 159 Å². The zero-order valence-electron chi connectivity index (χ0n) is 62.6. The summed E-state index contributed by atoms with van der Waals surface area (Å²) in [5.74, 6) is 6.18. The average molecular weight is 2070 g/mol. The van der Waals surface area contributed by atoms with Crippen LogP contribution >= 0.6 is 0 Å². The molecule has 0 atom stereocenters. The summed E-state index contributed by atoms with van der Waals surface area (Å²) in [6.07, 6.45) is 11.1. The van der Waals surface area contributed by atoms with Gasteiger partial charge in [0.05, 0.1) is 12.0 Å². The minimum absolute atomic E-state index is 0. The number of pyridine rings is 2. The third-order valence-corrected chi connectivity index (χ3v) is 20.5. The van der Waals surface area contributed by atoms with Crippen molar-refractivity contribution in [2.75, 3.05) is 21.2 Å². The van der Waals surface area contributed by atoms with Crippen molar-refractivity contribution in [1.29, 1.82) is 0 Å². The Hall–Kier alpha value is -13.4. The summed E-state index contributed by atoms with van der Waals surface area (Å²) in [7, 11) is 0. The number of aromatic nitrogens is 6. The van der Waals surface area contributed by atoms with Crippen LogP contribution in [0.1, 0.15) is 11.1 Å². The van der Waals surface area contributed by atoms with Crippen molar-refractivity contribution in [3.63, 3.8) is 0 Å². The number of anilines is 8. The van der Waals surface area contributed by atoms with Crippen LogP contribution in [0.4, 0.5) is 46.1 Å². The molecule has 9 heterocycles. The molecule has 21 aromatic rings. The first kappa shape index (κ1) is 77.2. The van der Waals surface area contributed by atoms with Gasteiger partial charge in [-0.05, 0) is 89.7 Å². The fourth-order valence-electron chi connectivity index (χ4n) is 15.1. The van der Waals surface area contributed by atoms with Crippen molar-refractivity contribution >= 4 is 112 Å². The molecule has 1 aliphatic heterocycles. The maximum absolute atomic E-state index is 6.41. The van der Waals surface area contributed by atoms with E-state index in [0.717, 1.165) is 141 Å². The minimum atomic E-state index is 0. The van der Waals surface area contributed by atoms with E-state index in [1.54, 1.807) is 12.5 Å². The SMILES string of the molecule is [Au+3].[Au+3].[Au+3].[c-]1c(-c2cccc3ccc[c-]c23)cccc1N1c2ccccc2Oc2ccc(-n3c4[c-]cccc4c4ccccc43)nc21.[c-]1c(-c2cccc3oc[c-]c23)cccc1N(c1ccccc1)c1cccc(-n2ccc3ccc[c-]c32)n1.[c-]1ccccc1C[C-](CN(c1ccccc1)c1nc2c(-n3[c-]ccc3)coc2o1)c1ccccc1. The molecule has 0 saturated heterocycles. The van der Waals surface area contributed by atoms with Crippen LogP contribution in [0, 0.1) is 54.6 Å². The van der Waals surface area contributed by atoms with E-state index in [1.807, 2.05) is 193 Å². The predicted molar refractivity (Wildman–Crippen MR) is 456 cm³/mol. The number of hydrogen-bond donors (Lipinski definition) is 0. The van der Waals surface area contributed by atoms with Crippen LogP contribution in [0.25, 0.3) is 105 Å². The van der Waals surface area contributed by atoms with Gasteiger partial charge in [0.15, 0.2) is 17.3 Å². The van der Waals surface area contributed by atoms with E-state index in [-0.39, 0.29) is 67.1 Å². The Kier molecular flexibility index (Phi) is 22.6. The van der Waals surface area contributed by atoms with Crippen LogP contribution < -0.4 is 19.4 Å². The minimum Gasteiger partial charge on any atom is -0.535 e. The van der Waals surface area contributed by atoms with Gasteiger partial charge in [-0.25, -0.2) is 9.97 Å². The van der Waals surface area contributed by atoms with E-state index in [9.17, 15) is 0 Å². The van der Waals surface area contributed by atoms with Crippen LogP contribution in [-0.2, 0) is 73.6 Å². The summed E-state index contributed by atoms with van der Waals surface area (Å²) in [4.78, 5) is 21.6. The molecule has 0 saturated carbocycles. The first-order valence-corrected chi connectivity index (χ1v) is 37.8. The maximum Gasteiger partial charge on any atom is 3.00 e. The Morgan fingerprint density at radius 1 is 0.449 bits per heavy atom. The molecule has 13 nitrogen and oxygen atoms in total. The van der Waals surface area contributed by atoms with E-state index in [2.05, 4.69) is 236 Å². The van der Waals surface area contributed by atoms with Crippen molar-refractivity contribution in [1.82, 2.24) is 28.7 Å². The van der Waals surface area contributed by atoms with E-state index in [1.165, 1.54) is 16.9 Å². The molecular weight excluding hydrogens is 2010 g/mol. The summed E-state index contributed by atoms with van der Waals surface area (Å²) < 4.78 is 29.9. The predicted octanol–water partition coefficient (Wildman–Crippen LogP) is 25.1. The van der Waals surface area contributed by atoms with E-state index in [4.69, 9.17) is 32.9 Å². The standard InChI is InChI=1S/C39H22N3O.C33H20N3O.C30H22N3O2.3Au/c1-2-15-29-26(11-1)12-10-18-30(29)27-13-9-14-28(25-27)41-35-21-7-8-22-36(35)43-37-23-24-38(40-39(37)41)42-33-19-5-3-16-31(33)32-17-4-6-20-34(32)42;1-2-11-26(12-3-1)36(27-13-6-10-25(23-27)28-14-7-16-31-29(28)20-22-37-31)33-18-8-17-32(34-33)35-21-19-24-9-4-5-15-30(24)35;1-4-12-23(13-5-1)20-25(24-14-6-2-7-15-24)21-33(26-16-8-3-9-17-26)30-31-28-27(22-34-29(28)35-30)32-18-10-11-19-32;;;/h1-14,16-19,21-24H;1-14,16-19,21-22H;1-12,14-18,22H,20-21H2;;;/q3*-3;3*+3. The molecule has 1 aliphatic rings. The Morgan fingerprint density at radius 3 is 1.97 bits per heavy atom. The van der Waals surface area contributed by atoms with Crippen molar-refractivity contribution in [3.8, 4) is 51.1 Å². The Labute approximate surface area is 728 Å². The quantitative estimate of drug-likeness (QED) is 0.0685. The normalized spacial score (nSPS) is 11.3. The number of fused-ring (bicyclic) bond motifs is 9. The Bertz CT molecular complexity index is 6970. The summed E-state index contributed by atoms with van der Waals surface area (Å²) >= 11 is 0. The van der Waals surface area contributed by atoms with Gasteiger partial charge in [-0.1, -0.05) is 139 Å². The number of furan rings is 2. The molecule has 16 heteroatoms. The summed E-state index contributed by atoms with van der Waals surface area (Å²) in [6, 6.07) is 139. The molecule has 0 N–H and O–H groups in total. The molecule has 0 amide bonds. The Balaban J connectivity index is 0.000000126. The smallest absolute Gasteiger partial charge is 0.535 e. The number of hydrogen-bond acceptors (Lipinski definition) is 10. The number of rotatable bonds is 16. The summed E-state index contributed by atoms with van der Waals surface area (Å²) in [5.41, 5.74) is 16.3. The first-order valence-electron chi connectivity index (χ1n) is 37.8. The van der Waals surface area contributed by atoms with Gasteiger partial charge < -0.3 is 46.4 Å². The first-order chi connectivity index (χ1) is 57.0. The fourth-order valence-corrected chi connectivity index (χ4v) is 15.1. The average Bonchev–Trinajstić information content (AvgIpc) is 1.66. The number of benzene rings is 13. The van der Waals surface area contributed by atoms with Gasteiger partial charge in [-0.3, -0.25) is 0 Å². The second-order valence-corrected chi connectivity index (χ2v) is 27.5. The summed E-state index contributed by atoms with van der Waals surface area (Å²) in [5, 5.41) is 6.60. The third kappa shape index (κ3) is 15.2. The number of para-hydroxylation sites is 7. The van der Waals surface area contributed by atoms with Gasteiger partial charge in [0.25, 0.3) is 0 Å². The second-order valence-electron chi connectivity index (χ2n) is 27.5. The zero-order valence-corrected chi connectivity index (χ0v) is 69.1. The van der Waals surface area contributed by atoms with Gasteiger partial charge in [0.1, 0.15) is 23.0 Å². The zero-order chi connectivity index (χ0) is 76.4. The molecule has 574 valence electrons. The Morgan fingerprint density at radius 2 is 1.14 bits per heavy atom. The van der Waals surface area contributed by atoms with Gasteiger partial charge in [0.2, 0.25) is 0 Å². The van der Waals surface area contributed by atoms with Crippen molar-refractivity contribution < 1.29 is 85.1 Å². The molecule has 0 radical (unpaired) electrons. The molecular formula is C102H64Au3N9O4. The molecule has 13 aromatic carbocycles. The number of oxazole rings is 1. The van der Waals surface area contributed by atoms with E-state index >= 15 is 0 Å². The van der Waals surface area contributed by atoms with Gasteiger partial charge in [-0.2, -0.15) is 119 Å². The monoisotopic (exact) mass is 2070 g/mol. The van der Waals surface area contributed by atoms with Gasteiger partial charge >= 0.3 is 78.9 Å². The molecule has 0 unspecified atom stereocenters. The number of ether oxygens (including phenoxy) is 1. The van der Waals surface area contributed by atoms with Crippen LogP contribution in [0.5, 0.6) is 11.5 Å². The van der Waals surface area contributed by atoms with Crippen molar-refractivity contribution in [2.45, 2.75) is 6.42 Å². The topological polar surface area (TPSA) is 112 Å². The molecule has 0 aliphatic carbocycles. The van der Waals surface area contributed by atoms with E-state index in [0.29, 0.717) is 35.4 Å². The maximum atomic E-state index is 6.41. The summed E-state index contributed by atoms with van der Waals surface area (Å²) in [6.45, 7) is 0.588. The van der Waals surface area contributed by atoms with Crippen LogP contribution in [0.3, 0.4) is 0 Å². The molecule has 118 heavy (non-hydrogen) atoms. The molecule has 0 spiro atoms. The fraction of sp³-hybridized carbons (Fsp3) is 0.0196. The van der Waals surface area contributed by atoms with Gasteiger partial charge in [0, 0.05) is 41.0 Å². The van der Waals surface area contributed by atoms with E-state index < -0.39 is 0 Å². The molecule has 0 fully saturated rings. The van der Waals surface area contributed by atoms with Crippen LogP contribution in [0.15, 0.2) is 378 Å². The molecule has 22 rings (SSSR count). The largest absolute Gasteiger partial charge is 3.00 e. The van der Waals surface area contributed by atoms with Crippen LogP contribution in [-0.4, -0.2) is 35.2 Å². The van der Waals surface area contributed by atoms with Crippen molar-refractivity contribution in [3.05, 3.63) is 430 Å².